The van der Waals surface area contributed by atoms with Crippen LogP contribution in [0.25, 0.3) is 10.2 Å². The van der Waals surface area contributed by atoms with Crippen molar-refractivity contribution in [1.82, 2.24) is 9.97 Å². The lowest BCUT2D eigenvalue weighted by Gasteiger charge is -2.18. The zero-order valence-corrected chi connectivity index (χ0v) is 12.9. The van der Waals surface area contributed by atoms with Crippen molar-refractivity contribution in [3.63, 3.8) is 0 Å². The summed E-state index contributed by atoms with van der Waals surface area (Å²) in [7, 11) is 2.03. The Morgan fingerprint density at radius 1 is 1.37 bits per heavy atom. The van der Waals surface area contributed by atoms with Crippen LogP contribution in [0.15, 0.2) is 23.6 Å². The van der Waals surface area contributed by atoms with Gasteiger partial charge < -0.3 is 4.90 Å². The van der Waals surface area contributed by atoms with E-state index in [-0.39, 0.29) is 0 Å². The molecule has 3 aromatic rings. The second-order valence-corrected chi connectivity index (χ2v) is 6.93. The number of hydrogen-bond acceptors (Lipinski definition) is 5. The number of hydrogen-bond donors (Lipinski definition) is 0. The Bertz CT molecular complexity index is 706. The summed E-state index contributed by atoms with van der Waals surface area (Å²) < 4.78 is 0. The first kappa shape index (κ1) is 12.8. The lowest BCUT2D eigenvalue weighted by Crippen LogP contribution is -2.17. The summed E-state index contributed by atoms with van der Waals surface area (Å²) in [6.45, 7) is 2.90. The van der Waals surface area contributed by atoms with Crippen LogP contribution >= 0.6 is 34.3 Å². The van der Waals surface area contributed by atoms with Gasteiger partial charge in [0.15, 0.2) is 0 Å². The monoisotopic (exact) mass is 309 g/mol. The van der Waals surface area contributed by atoms with Crippen molar-refractivity contribution < 1.29 is 0 Å². The van der Waals surface area contributed by atoms with Gasteiger partial charge in [0.25, 0.3) is 0 Å². The average molecular weight is 310 g/mol. The van der Waals surface area contributed by atoms with Crippen molar-refractivity contribution in [2.24, 2.45) is 0 Å². The molecule has 0 aliphatic heterocycles. The highest BCUT2D eigenvalue weighted by Crippen LogP contribution is 2.31. The minimum atomic E-state index is 0.308. The predicted molar refractivity (Wildman–Crippen MR) is 83.6 cm³/mol. The number of fused-ring (bicyclic) bond motifs is 1. The second-order valence-electron chi connectivity index (χ2n) is 4.33. The molecule has 0 aromatic carbocycles. The van der Waals surface area contributed by atoms with Gasteiger partial charge in [0.1, 0.15) is 10.6 Å². The van der Waals surface area contributed by atoms with E-state index in [1.54, 1.807) is 22.7 Å². The van der Waals surface area contributed by atoms with E-state index in [9.17, 15) is 0 Å². The fraction of sp³-hybridized carbons (Fsp3) is 0.231. The minimum absolute atomic E-state index is 0.308. The topological polar surface area (TPSA) is 29.0 Å². The SMILES string of the molecule is Cc1cc2c(N(C)Cc3cccs3)nc(Cl)nc2s1. The molecule has 0 N–H and O–H groups in total. The lowest BCUT2D eigenvalue weighted by molar-refractivity contribution is 0.915. The number of aryl methyl sites for hydroxylation is 1. The summed E-state index contributed by atoms with van der Waals surface area (Å²) in [5.41, 5.74) is 0. The fourth-order valence-electron chi connectivity index (χ4n) is 2.00. The summed E-state index contributed by atoms with van der Waals surface area (Å²) in [4.78, 5) is 14.3. The number of rotatable bonds is 3. The molecule has 0 amide bonds. The molecule has 0 radical (unpaired) electrons. The van der Waals surface area contributed by atoms with Gasteiger partial charge in [-0.25, -0.2) is 4.98 Å². The van der Waals surface area contributed by atoms with Gasteiger partial charge in [-0.1, -0.05) is 6.07 Å². The average Bonchev–Trinajstić information content (AvgIpc) is 2.96. The highest BCUT2D eigenvalue weighted by molar-refractivity contribution is 7.18. The van der Waals surface area contributed by atoms with Crippen LogP contribution in [0.5, 0.6) is 0 Å². The Labute approximate surface area is 124 Å². The highest BCUT2D eigenvalue weighted by atomic mass is 35.5. The molecule has 0 aliphatic rings. The molecule has 0 spiro atoms. The molecule has 0 saturated heterocycles. The van der Waals surface area contributed by atoms with Gasteiger partial charge in [-0.15, -0.1) is 22.7 Å². The maximum absolute atomic E-state index is 6.02. The molecule has 0 bridgehead atoms. The van der Waals surface area contributed by atoms with E-state index in [0.717, 1.165) is 22.6 Å². The van der Waals surface area contributed by atoms with E-state index in [1.165, 1.54) is 9.75 Å². The summed E-state index contributed by atoms with van der Waals surface area (Å²) in [6.07, 6.45) is 0. The van der Waals surface area contributed by atoms with Gasteiger partial charge in [0.05, 0.1) is 11.9 Å². The molecule has 3 aromatic heterocycles. The molecule has 0 atom stereocenters. The maximum atomic E-state index is 6.02. The number of thiophene rings is 2. The fourth-order valence-corrected chi connectivity index (χ4v) is 3.85. The van der Waals surface area contributed by atoms with Gasteiger partial charge in [0, 0.05) is 16.8 Å². The molecular formula is C13H12ClN3S2. The number of aromatic nitrogens is 2. The summed E-state index contributed by atoms with van der Waals surface area (Å²) in [5.74, 6) is 0.896. The molecule has 3 nitrogen and oxygen atoms in total. The van der Waals surface area contributed by atoms with Crippen LogP contribution in [0, 0.1) is 6.92 Å². The Kier molecular flexibility index (Phi) is 3.43. The Morgan fingerprint density at radius 2 is 2.21 bits per heavy atom. The van der Waals surface area contributed by atoms with Crippen LogP contribution in [-0.4, -0.2) is 17.0 Å². The normalized spacial score (nSPS) is 11.1. The zero-order valence-electron chi connectivity index (χ0n) is 10.6. The van der Waals surface area contributed by atoms with Crippen molar-refractivity contribution in [3.8, 4) is 0 Å². The van der Waals surface area contributed by atoms with Crippen LogP contribution < -0.4 is 4.90 Å². The molecule has 0 fully saturated rings. The van der Waals surface area contributed by atoms with Crippen LogP contribution in [0.4, 0.5) is 5.82 Å². The number of anilines is 1. The molecule has 0 saturated carbocycles. The van der Waals surface area contributed by atoms with Gasteiger partial charge in [0.2, 0.25) is 5.28 Å². The van der Waals surface area contributed by atoms with Crippen LogP contribution in [0.3, 0.4) is 0 Å². The Hall–Kier alpha value is -1.17. The quantitative estimate of drug-likeness (QED) is 0.673. The van der Waals surface area contributed by atoms with Gasteiger partial charge in [-0.3, -0.25) is 0 Å². The number of halogens is 1. The van der Waals surface area contributed by atoms with Crippen LogP contribution in [0.2, 0.25) is 5.28 Å². The van der Waals surface area contributed by atoms with E-state index >= 15 is 0 Å². The molecular weight excluding hydrogens is 298 g/mol. The number of nitrogens with zero attached hydrogens (tertiary/aromatic N) is 3. The molecule has 0 unspecified atom stereocenters. The maximum Gasteiger partial charge on any atom is 0.225 e. The highest BCUT2D eigenvalue weighted by Gasteiger charge is 2.13. The first-order chi connectivity index (χ1) is 9.13. The molecule has 0 aliphatic carbocycles. The first-order valence-electron chi connectivity index (χ1n) is 5.80. The van der Waals surface area contributed by atoms with Crippen LogP contribution in [-0.2, 0) is 6.54 Å². The molecule has 98 valence electrons. The van der Waals surface area contributed by atoms with E-state index < -0.39 is 0 Å². The van der Waals surface area contributed by atoms with E-state index in [2.05, 4.69) is 45.4 Å². The molecule has 19 heavy (non-hydrogen) atoms. The summed E-state index contributed by atoms with van der Waals surface area (Å²) in [5, 5.41) is 3.47. The third-order valence-electron chi connectivity index (χ3n) is 2.80. The van der Waals surface area contributed by atoms with E-state index in [4.69, 9.17) is 11.6 Å². The van der Waals surface area contributed by atoms with Gasteiger partial charge in [-0.05, 0) is 36.0 Å². The van der Waals surface area contributed by atoms with Crippen molar-refractivity contribution in [2.45, 2.75) is 13.5 Å². The third-order valence-corrected chi connectivity index (χ3v) is 4.78. The van der Waals surface area contributed by atoms with E-state index in [0.29, 0.717) is 5.28 Å². The molecule has 3 rings (SSSR count). The Balaban J connectivity index is 2.03. The predicted octanol–water partition coefficient (Wildman–Crippen LogP) is 4.35. The molecule has 3 heterocycles. The third kappa shape index (κ3) is 2.59. The van der Waals surface area contributed by atoms with Gasteiger partial charge >= 0.3 is 0 Å². The van der Waals surface area contributed by atoms with Crippen LogP contribution in [0.1, 0.15) is 9.75 Å². The zero-order chi connectivity index (χ0) is 13.4. The minimum Gasteiger partial charge on any atom is -0.354 e. The van der Waals surface area contributed by atoms with Crippen molar-refractivity contribution >= 4 is 50.3 Å². The standard InChI is InChI=1S/C13H12ClN3S2/c1-8-6-10-11(15-13(14)16-12(10)19-8)17(2)7-9-4-3-5-18-9/h3-6H,7H2,1-2H3. The van der Waals surface area contributed by atoms with Crippen molar-refractivity contribution in [1.29, 1.82) is 0 Å². The largest absolute Gasteiger partial charge is 0.354 e. The Morgan fingerprint density at radius 3 is 2.95 bits per heavy atom. The summed E-state index contributed by atoms with van der Waals surface area (Å²) in [6, 6.07) is 6.31. The van der Waals surface area contributed by atoms with Crippen molar-refractivity contribution in [3.05, 3.63) is 38.6 Å². The summed E-state index contributed by atoms with van der Waals surface area (Å²) >= 11 is 9.41. The van der Waals surface area contributed by atoms with Gasteiger partial charge in [-0.2, -0.15) is 4.98 Å². The smallest absolute Gasteiger partial charge is 0.225 e. The van der Waals surface area contributed by atoms with E-state index in [1.807, 2.05) is 7.05 Å². The second kappa shape index (κ2) is 5.07. The lowest BCUT2D eigenvalue weighted by atomic mass is 10.3. The molecule has 6 heteroatoms. The van der Waals surface area contributed by atoms with Crippen molar-refractivity contribution in [2.75, 3.05) is 11.9 Å². The first-order valence-corrected chi connectivity index (χ1v) is 7.88.